The zero-order valence-electron chi connectivity index (χ0n) is 9.47. The first kappa shape index (κ1) is 11.1. The van der Waals surface area contributed by atoms with E-state index in [0.717, 1.165) is 11.3 Å². The summed E-state index contributed by atoms with van der Waals surface area (Å²) in [6.45, 7) is 1.94. The molecule has 0 bridgehead atoms. The number of benzene rings is 1. The third-order valence-corrected chi connectivity index (χ3v) is 2.44. The lowest BCUT2D eigenvalue weighted by Crippen LogP contribution is -2.13. The molecule has 0 radical (unpaired) electrons. The van der Waals surface area contributed by atoms with Crippen LogP contribution in [0.5, 0.6) is 0 Å². The minimum absolute atomic E-state index is 0.188. The minimum atomic E-state index is -0.188. The number of pyridine rings is 1. The Labute approximate surface area is 99.5 Å². The van der Waals surface area contributed by atoms with Crippen LogP contribution in [0.2, 0.25) is 0 Å². The Morgan fingerprint density at radius 2 is 2.00 bits per heavy atom. The third kappa shape index (κ3) is 2.60. The molecule has 86 valence electrons. The molecule has 0 aliphatic rings. The zero-order chi connectivity index (χ0) is 12.3. The van der Waals surface area contributed by atoms with E-state index in [1.807, 2.05) is 31.2 Å². The molecule has 0 saturated carbocycles. The van der Waals surface area contributed by atoms with Crippen molar-refractivity contribution in [2.24, 2.45) is 0 Å². The predicted octanol–water partition coefficient (Wildman–Crippen LogP) is 2.22. The van der Waals surface area contributed by atoms with Crippen LogP contribution in [0.3, 0.4) is 0 Å². The largest absolute Gasteiger partial charge is 0.384 e. The summed E-state index contributed by atoms with van der Waals surface area (Å²) in [5.41, 5.74) is 7.77. The lowest BCUT2D eigenvalue weighted by Gasteiger charge is -2.07. The van der Waals surface area contributed by atoms with Crippen LogP contribution in [0.15, 0.2) is 42.6 Å². The van der Waals surface area contributed by atoms with Gasteiger partial charge in [-0.15, -0.1) is 0 Å². The van der Waals surface area contributed by atoms with Crippen molar-refractivity contribution in [1.82, 2.24) is 4.98 Å². The van der Waals surface area contributed by atoms with Gasteiger partial charge in [-0.05, 0) is 30.7 Å². The Kier molecular flexibility index (Phi) is 3.05. The second kappa shape index (κ2) is 4.65. The smallest absolute Gasteiger partial charge is 0.257 e. The van der Waals surface area contributed by atoms with Crippen LogP contribution in [0.25, 0.3) is 0 Å². The van der Waals surface area contributed by atoms with Gasteiger partial charge in [0.05, 0.1) is 5.56 Å². The van der Waals surface area contributed by atoms with Gasteiger partial charge >= 0.3 is 0 Å². The molecular formula is C13H13N3O. The molecule has 0 aliphatic carbocycles. The molecule has 1 amide bonds. The van der Waals surface area contributed by atoms with Gasteiger partial charge in [0.2, 0.25) is 0 Å². The molecule has 0 fully saturated rings. The Hall–Kier alpha value is -2.36. The number of carbonyl (C=O) groups is 1. The van der Waals surface area contributed by atoms with Crippen molar-refractivity contribution in [3.05, 3.63) is 53.7 Å². The Bertz CT molecular complexity index is 535. The quantitative estimate of drug-likeness (QED) is 0.826. The Morgan fingerprint density at radius 3 is 2.65 bits per heavy atom. The summed E-state index contributed by atoms with van der Waals surface area (Å²) in [5, 5.41) is 2.83. The van der Waals surface area contributed by atoms with E-state index >= 15 is 0 Å². The van der Waals surface area contributed by atoms with Crippen LogP contribution in [-0.4, -0.2) is 10.9 Å². The average Bonchev–Trinajstić information content (AvgIpc) is 2.33. The van der Waals surface area contributed by atoms with Crippen molar-refractivity contribution in [3.8, 4) is 0 Å². The van der Waals surface area contributed by atoms with Crippen molar-refractivity contribution in [3.63, 3.8) is 0 Å². The molecule has 0 aliphatic heterocycles. The second-order valence-corrected chi connectivity index (χ2v) is 3.74. The van der Waals surface area contributed by atoms with Crippen molar-refractivity contribution >= 4 is 17.4 Å². The zero-order valence-corrected chi connectivity index (χ0v) is 9.47. The van der Waals surface area contributed by atoms with E-state index in [4.69, 9.17) is 5.73 Å². The predicted molar refractivity (Wildman–Crippen MR) is 67.8 cm³/mol. The first-order valence-electron chi connectivity index (χ1n) is 5.25. The van der Waals surface area contributed by atoms with Gasteiger partial charge in [-0.1, -0.05) is 18.2 Å². The molecule has 4 nitrogen and oxygen atoms in total. The number of nitrogen functional groups attached to an aromatic ring is 1. The number of nitrogens with one attached hydrogen (secondary N) is 1. The summed E-state index contributed by atoms with van der Waals surface area (Å²) in [5.74, 6) is 0.212. The summed E-state index contributed by atoms with van der Waals surface area (Å²) in [4.78, 5) is 15.8. The number of nitrogens with zero attached hydrogens (tertiary/aromatic N) is 1. The number of hydrogen-bond acceptors (Lipinski definition) is 3. The van der Waals surface area contributed by atoms with E-state index in [1.54, 1.807) is 12.1 Å². The SMILES string of the molecule is Cc1ccccc1NC(=O)c1ccc(N)nc1. The van der Waals surface area contributed by atoms with Gasteiger partial charge < -0.3 is 11.1 Å². The molecule has 1 aromatic heterocycles. The minimum Gasteiger partial charge on any atom is -0.384 e. The average molecular weight is 227 g/mol. The maximum absolute atomic E-state index is 11.9. The van der Waals surface area contributed by atoms with Gasteiger partial charge in [-0.2, -0.15) is 0 Å². The summed E-state index contributed by atoms with van der Waals surface area (Å²) in [6, 6.07) is 10.9. The fraction of sp³-hybridized carbons (Fsp3) is 0.0769. The fourth-order valence-corrected chi connectivity index (χ4v) is 1.45. The summed E-state index contributed by atoms with van der Waals surface area (Å²) in [7, 11) is 0. The van der Waals surface area contributed by atoms with Crippen LogP contribution >= 0.6 is 0 Å². The molecule has 0 atom stereocenters. The number of aryl methyl sites for hydroxylation is 1. The molecule has 4 heteroatoms. The second-order valence-electron chi connectivity index (χ2n) is 3.74. The monoisotopic (exact) mass is 227 g/mol. The molecule has 17 heavy (non-hydrogen) atoms. The highest BCUT2D eigenvalue weighted by Crippen LogP contribution is 2.14. The number of carbonyl (C=O) groups excluding carboxylic acids is 1. The van der Waals surface area contributed by atoms with E-state index in [-0.39, 0.29) is 5.91 Å². The van der Waals surface area contributed by atoms with Gasteiger partial charge in [0.1, 0.15) is 5.82 Å². The maximum Gasteiger partial charge on any atom is 0.257 e. The van der Waals surface area contributed by atoms with Crippen molar-refractivity contribution in [1.29, 1.82) is 0 Å². The van der Waals surface area contributed by atoms with Crippen molar-refractivity contribution in [2.45, 2.75) is 6.92 Å². The lowest BCUT2D eigenvalue weighted by atomic mass is 10.2. The van der Waals surface area contributed by atoms with E-state index in [0.29, 0.717) is 11.4 Å². The van der Waals surface area contributed by atoms with Gasteiger partial charge in [0.25, 0.3) is 5.91 Å². The first-order valence-corrected chi connectivity index (χ1v) is 5.25. The number of hydrogen-bond donors (Lipinski definition) is 2. The molecular weight excluding hydrogens is 214 g/mol. The fourth-order valence-electron chi connectivity index (χ4n) is 1.45. The molecule has 3 N–H and O–H groups in total. The normalized spacial score (nSPS) is 9.94. The molecule has 2 rings (SSSR count). The molecule has 1 aromatic carbocycles. The molecule has 0 spiro atoms. The van der Waals surface area contributed by atoms with Crippen LogP contribution < -0.4 is 11.1 Å². The molecule has 1 heterocycles. The lowest BCUT2D eigenvalue weighted by molar-refractivity contribution is 0.102. The summed E-state index contributed by atoms with van der Waals surface area (Å²) >= 11 is 0. The highest BCUT2D eigenvalue weighted by atomic mass is 16.1. The van der Waals surface area contributed by atoms with E-state index in [2.05, 4.69) is 10.3 Å². The first-order chi connectivity index (χ1) is 8.16. The van der Waals surface area contributed by atoms with E-state index < -0.39 is 0 Å². The highest BCUT2D eigenvalue weighted by Gasteiger charge is 2.07. The van der Waals surface area contributed by atoms with Crippen LogP contribution in [0.1, 0.15) is 15.9 Å². The maximum atomic E-state index is 11.9. The third-order valence-electron chi connectivity index (χ3n) is 2.44. The van der Waals surface area contributed by atoms with Gasteiger partial charge in [-0.3, -0.25) is 4.79 Å². The standard InChI is InChI=1S/C13H13N3O/c1-9-4-2-3-5-11(9)16-13(17)10-6-7-12(14)15-8-10/h2-8H,1H3,(H2,14,15)(H,16,17). The van der Waals surface area contributed by atoms with E-state index in [9.17, 15) is 4.79 Å². The van der Waals surface area contributed by atoms with Crippen molar-refractivity contribution in [2.75, 3.05) is 11.1 Å². The number of rotatable bonds is 2. The number of nitrogens with two attached hydrogens (primary N) is 1. The number of aromatic nitrogens is 1. The molecule has 2 aromatic rings. The topological polar surface area (TPSA) is 68.0 Å². The van der Waals surface area contributed by atoms with Gasteiger partial charge in [-0.25, -0.2) is 4.98 Å². The Morgan fingerprint density at radius 1 is 1.24 bits per heavy atom. The summed E-state index contributed by atoms with van der Waals surface area (Å²) in [6.07, 6.45) is 1.46. The number of para-hydroxylation sites is 1. The highest BCUT2D eigenvalue weighted by molar-refractivity contribution is 6.04. The van der Waals surface area contributed by atoms with E-state index in [1.165, 1.54) is 6.20 Å². The van der Waals surface area contributed by atoms with Crippen LogP contribution in [-0.2, 0) is 0 Å². The summed E-state index contributed by atoms with van der Waals surface area (Å²) < 4.78 is 0. The van der Waals surface area contributed by atoms with Crippen LogP contribution in [0, 0.1) is 6.92 Å². The Balaban J connectivity index is 2.17. The molecule has 0 unspecified atom stereocenters. The van der Waals surface area contributed by atoms with Gasteiger partial charge in [0, 0.05) is 11.9 Å². The number of amides is 1. The van der Waals surface area contributed by atoms with Crippen molar-refractivity contribution < 1.29 is 4.79 Å². The van der Waals surface area contributed by atoms with Gasteiger partial charge in [0.15, 0.2) is 0 Å². The number of anilines is 2. The molecule has 0 saturated heterocycles. The van der Waals surface area contributed by atoms with Crippen LogP contribution in [0.4, 0.5) is 11.5 Å².